The van der Waals surface area contributed by atoms with Gasteiger partial charge in [0, 0.05) is 51.7 Å². The molecule has 3 saturated heterocycles. The summed E-state index contributed by atoms with van der Waals surface area (Å²) >= 11 is 0. The van der Waals surface area contributed by atoms with Crippen molar-refractivity contribution in [1.82, 2.24) is 20.4 Å². The zero-order valence-electron chi connectivity index (χ0n) is 17.1. The standard InChI is InChI=1S/C22H31N5O.HI/c1-18(19-6-3-2-4-7-19)25-22(23-10-9-21-8-5-15-28-21)24-16-20-17-26-11-13-27(20)14-12-26;/h2-8,15,18,20H,9-14,16-17H2,1H3,(H2,23,24,25);1H. The van der Waals surface area contributed by atoms with Crippen molar-refractivity contribution in [3.05, 3.63) is 60.1 Å². The Morgan fingerprint density at radius 2 is 1.93 bits per heavy atom. The van der Waals surface area contributed by atoms with Crippen molar-refractivity contribution in [3.63, 3.8) is 0 Å². The van der Waals surface area contributed by atoms with Gasteiger partial charge < -0.3 is 15.1 Å². The Bertz CT molecular complexity index is 744. The normalized spacial score (nSPS) is 24.6. The van der Waals surface area contributed by atoms with Gasteiger partial charge in [-0.2, -0.15) is 0 Å². The van der Waals surface area contributed by atoms with Crippen LogP contribution in [0.1, 0.15) is 24.3 Å². The summed E-state index contributed by atoms with van der Waals surface area (Å²) in [5, 5.41) is 7.06. The van der Waals surface area contributed by atoms with Gasteiger partial charge >= 0.3 is 0 Å². The van der Waals surface area contributed by atoms with E-state index in [0.29, 0.717) is 6.04 Å². The highest BCUT2D eigenvalue weighted by molar-refractivity contribution is 14.0. The molecule has 2 N–H and O–H groups in total. The van der Waals surface area contributed by atoms with Crippen molar-refractivity contribution < 1.29 is 4.42 Å². The average Bonchev–Trinajstić information content (AvgIpc) is 3.27. The molecule has 0 radical (unpaired) electrons. The molecule has 0 amide bonds. The molecule has 0 saturated carbocycles. The molecule has 29 heavy (non-hydrogen) atoms. The van der Waals surface area contributed by atoms with E-state index in [-0.39, 0.29) is 30.0 Å². The van der Waals surface area contributed by atoms with Crippen LogP contribution in [0, 0.1) is 0 Å². The number of rotatable bonds is 7. The molecule has 3 aliphatic heterocycles. The number of benzene rings is 1. The molecule has 2 atom stereocenters. The fraction of sp³-hybridized carbons (Fsp3) is 0.500. The van der Waals surface area contributed by atoms with Gasteiger partial charge in [-0.05, 0) is 24.6 Å². The number of hydrogen-bond acceptors (Lipinski definition) is 4. The Kier molecular flexibility index (Phi) is 8.38. The van der Waals surface area contributed by atoms with Crippen molar-refractivity contribution in [2.75, 3.05) is 45.8 Å². The van der Waals surface area contributed by atoms with E-state index in [2.05, 4.69) is 57.7 Å². The predicted molar refractivity (Wildman–Crippen MR) is 128 cm³/mol. The maximum atomic E-state index is 5.44. The highest BCUT2D eigenvalue weighted by Gasteiger charge is 2.31. The van der Waals surface area contributed by atoms with Crippen LogP contribution in [0.2, 0.25) is 0 Å². The number of halogens is 1. The van der Waals surface area contributed by atoms with Gasteiger partial charge in [0.25, 0.3) is 0 Å². The number of fused-ring (bicyclic) bond motifs is 3. The topological polar surface area (TPSA) is 56.0 Å². The summed E-state index contributed by atoms with van der Waals surface area (Å²) < 4.78 is 5.44. The summed E-state index contributed by atoms with van der Waals surface area (Å²) in [5.74, 6) is 1.87. The molecule has 158 valence electrons. The molecule has 5 rings (SSSR count). The van der Waals surface area contributed by atoms with Crippen LogP contribution in [0.15, 0.2) is 58.1 Å². The van der Waals surface area contributed by atoms with E-state index < -0.39 is 0 Å². The SMILES string of the molecule is CC(NC(=NCC1CN2CCN1CC2)NCCc1ccco1)c1ccccc1.I. The molecule has 7 heteroatoms. The molecule has 2 bridgehead atoms. The molecule has 2 unspecified atom stereocenters. The number of guanidine groups is 1. The Morgan fingerprint density at radius 1 is 1.14 bits per heavy atom. The third-order valence-electron chi connectivity index (χ3n) is 5.75. The van der Waals surface area contributed by atoms with Gasteiger partial charge in [0.15, 0.2) is 5.96 Å². The van der Waals surface area contributed by atoms with E-state index in [1.165, 1.54) is 31.7 Å². The molecule has 3 aliphatic rings. The zero-order chi connectivity index (χ0) is 19.2. The Balaban J connectivity index is 0.00000240. The lowest BCUT2D eigenvalue weighted by Crippen LogP contribution is -2.62. The van der Waals surface area contributed by atoms with Crippen LogP contribution < -0.4 is 10.6 Å². The molecule has 0 aliphatic carbocycles. The largest absolute Gasteiger partial charge is 0.469 e. The van der Waals surface area contributed by atoms with Crippen LogP contribution in [0.25, 0.3) is 0 Å². The van der Waals surface area contributed by atoms with Gasteiger partial charge in [0.05, 0.1) is 18.8 Å². The maximum absolute atomic E-state index is 5.44. The van der Waals surface area contributed by atoms with Gasteiger partial charge in [-0.15, -0.1) is 24.0 Å². The highest BCUT2D eigenvalue weighted by Crippen LogP contribution is 2.16. The second-order valence-electron chi connectivity index (χ2n) is 7.71. The first-order chi connectivity index (χ1) is 13.8. The van der Waals surface area contributed by atoms with Crippen molar-refractivity contribution in [2.45, 2.75) is 25.4 Å². The van der Waals surface area contributed by atoms with Gasteiger partial charge in [-0.3, -0.25) is 14.8 Å². The minimum Gasteiger partial charge on any atom is -0.469 e. The molecule has 0 spiro atoms. The lowest BCUT2D eigenvalue weighted by atomic mass is 10.1. The quantitative estimate of drug-likeness (QED) is 0.342. The summed E-state index contributed by atoms with van der Waals surface area (Å²) in [6.07, 6.45) is 2.57. The first-order valence-corrected chi connectivity index (χ1v) is 10.4. The van der Waals surface area contributed by atoms with Crippen LogP contribution in [-0.2, 0) is 6.42 Å². The van der Waals surface area contributed by atoms with Gasteiger partial charge in [0.1, 0.15) is 5.76 Å². The lowest BCUT2D eigenvalue weighted by molar-refractivity contribution is 0.0174. The first-order valence-electron chi connectivity index (χ1n) is 10.4. The summed E-state index contributed by atoms with van der Waals surface area (Å²) in [7, 11) is 0. The van der Waals surface area contributed by atoms with E-state index >= 15 is 0 Å². The van der Waals surface area contributed by atoms with E-state index in [0.717, 1.165) is 37.8 Å². The van der Waals surface area contributed by atoms with Gasteiger partial charge in [-0.25, -0.2) is 0 Å². The molecule has 1 aromatic heterocycles. The number of hydrogen-bond donors (Lipinski definition) is 2. The molecular weight excluding hydrogens is 477 g/mol. The van der Waals surface area contributed by atoms with E-state index in [1.54, 1.807) is 6.26 Å². The molecule has 3 fully saturated rings. The van der Waals surface area contributed by atoms with Crippen LogP contribution in [0.4, 0.5) is 0 Å². The fourth-order valence-corrected chi connectivity index (χ4v) is 4.04. The minimum absolute atomic E-state index is 0. The molecule has 4 heterocycles. The van der Waals surface area contributed by atoms with E-state index in [9.17, 15) is 0 Å². The number of furan rings is 1. The summed E-state index contributed by atoms with van der Waals surface area (Å²) in [5.41, 5.74) is 1.26. The number of aliphatic imine (C=N–C) groups is 1. The second kappa shape index (κ2) is 11.0. The van der Waals surface area contributed by atoms with Crippen LogP contribution in [0.3, 0.4) is 0 Å². The molecular formula is C22H32IN5O. The van der Waals surface area contributed by atoms with Crippen LogP contribution in [-0.4, -0.2) is 67.6 Å². The Morgan fingerprint density at radius 3 is 2.59 bits per heavy atom. The summed E-state index contributed by atoms with van der Waals surface area (Å²) in [6, 6.07) is 15.2. The van der Waals surface area contributed by atoms with Crippen LogP contribution in [0.5, 0.6) is 0 Å². The minimum atomic E-state index is 0. The third kappa shape index (κ3) is 6.20. The smallest absolute Gasteiger partial charge is 0.191 e. The summed E-state index contributed by atoms with van der Waals surface area (Å²) in [6.45, 7) is 9.70. The number of nitrogens with one attached hydrogen (secondary N) is 2. The van der Waals surface area contributed by atoms with Crippen molar-refractivity contribution in [2.24, 2.45) is 4.99 Å². The van der Waals surface area contributed by atoms with Crippen molar-refractivity contribution in [3.8, 4) is 0 Å². The van der Waals surface area contributed by atoms with Crippen LogP contribution >= 0.6 is 24.0 Å². The molecule has 2 aromatic rings. The Hall–Kier alpha value is -1.58. The highest BCUT2D eigenvalue weighted by atomic mass is 127. The number of nitrogens with zero attached hydrogens (tertiary/aromatic N) is 3. The summed E-state index contributed by atoms with van der Waals surface area (Å²) in [4.78, 5) is 10.1. The zero-order valence-corrected chi connectivity index (χ0v) is 19.4. The molecule has 6 nitrogen and oxygen atoms in total. The van der Waals surface area contributed by atoms with Gasteiger partial charge in [0.2, 0.25) is 0 Å². The van der Waals surface area contributed by atoms with E-state index in [1.807, 2.05) is 12.1 Å². The average molecular weight is 509 g/mol. The number of piperazine rings is 3. The molecule has 1 aromatic carbocycles. The second-order valence-corrected chi connectivity index (χ2v) is 7.71. The fourth-order valence-electron chi connectivity index (χ4n) is 4.04. The third-order valence-corrected chi connectivity index (χ3v) is 5.75. The first kappa shape index (κ1) is 22.1. The maximum Gasteiger partial charge on any atom is 0.191 e. The van der Waals surface area contributed by atoms with Gasteiger partial charge in [-0.1, -0.05) is 30.3 Å². The van der Waals surface area contributed by atoms with E-state index in [4.69, 9.17) is 9.41 Å². The monoisotopic (exact) mass is 509 g/mol. The lowest BCUT2D eigenvalue weighted by Gasteiger charge is -2.47. The predicted octanol–water partition coefficient (Wildman–Crippen LogP) is 2.74. The Labute approximate surface area is 190 Å². The van der Waals surface area contributed by atoms with Crippen molar-refractivity contribution in [1.29, 1.82) is 0 Å². The van der Waals surface area contributed by atoms with Crippen molar-refractivity contribution >= 4 is 29.9 Å².